The third kappa shape index (κ3) is 3.16. The lowest BCUT2D eigenvalue weighted by Crippen LogP contribution is -2.39. The number of nitrogens with two attached hydrogens (primary N) is 1. The van der Waals surface area contributed by atoms with Gasteiger partial charge in [-0.25, -0.2) is 0 Å². The van der Waals surface area contributed by atoms with Crippen molar-refractivity contribution in [3.63, 3.8) is 0 Å². The second-order valence-electron chi connectivity index (χ2n) is 4.71. The number of nitrogens with one attached hydrogen (secondary N) is 2. The number of nitro benzene ring substituents is 1. The Morgan fingerprint density at radius 3 is 2.80 bits per heavy atom. The summed E-state index contributed by atoms with van der Waals surface area (Å²) in [5, 5.41) is 14.0. The molecule has 8 heteroatoms. The molecule has 0 bridgehead atoms. The summed E-state index contributed by atoms with van der Waals surface area (Å²) in [5.74, 6) is 5.31. The first-order valence-electron chi connectivity index (χ1n) is 6.21. The second kappa shape index (κ2) is 6.04. The van der Waals surface area contributed by atoms with Crippen LogP contribution in [0.15, 0.2) is 18.2 Å². The van der Waals surface area contributed by atoms with Crippen molar-refractivity contribution in [3.8, 4) is 0 Å². The number of ether oxygens (including phenoxy) is 2. The number of anilines is 2. The quantitative estimate of drug-likeness (QED) is 0.407. The highest BCUT2D eigenvalue weighted by Crippen LogP contribution is 2.27. The van der Waals surface area contributed by atoms with Gasteiger partial charge in [0, 0.05) is 44.5 Å². The zero-order valence-electron chi connectivity index (χ0n) is 11.2. The maximum atomic E-state index is 10.9. The van der Waals surface area contributed by atoms with Gasteiger partial charge < -0.3 is 20.2 Å². The van der Waals surface area contributed by atoms with Crippen LogP contribution < -0.4 is 16.6 Å². The van der Waals surface area contributed by atoms with E-state index < -0.39 is 4.92 Å². The maximum Gasteiger partial charge on any atom is 0.273 e. The smallest absolute Gasteiger partial charge is 0.273 e. The van der Waals surface area contributed by atoms with Gasteiger partial charge in [0.15, 0.2) is 0 Å². The van der Waals surface area contributed by atoms with Crippen LogP contribution in [0.5, 0.6) is 0 Å². The fourth-order valence-corrected chi connectivity index (χ4v) is 2.13. The Morgan fingerprint density at radius 1 is 1.50 bits per heavy atom. The van der Waals surface area contributed by atoms with Crippen molar-refractivity contribution >= 4 is 17.1 Å². The van der Waals surface area contributed by atoms with E-state index in [-0.39, 0.29) is 11.3 Å². The first-order valence-corrected chi connectivity index (χ1v) is 6.21. The Morgan fingerprint density at radius 2 is 2.25 bits per heavy atom. The van der Waals surface area contributed by atoms with Crippen molar-refractivity contribution in [1.29, 1.82) is 0 Å². The molecule has 0 aromatic heterocycles. The van der Waals surface area contributed by atoms with Crippen LogP contribution in [0.1, 0.15) is 6.42 Å². The van der Waals surface area contributed by atoms with Crippen molar-refractivity contribution in [2.75, 3.05) is 37.6 Å². The van der Waals surface area contributed by atoms with Crippen LogP contribution in [-0.4, -0.2) is 37.4 Å². The molecule has 1 aliphatic rings. The van der Waals surface area contributed by atoms with E-state index >= 15 is 0 Å². The SMILES string of the molecule is COC1(CNc2cc(NN)cc([N+](=O)[O-])c2)CCOC1. The van der Waals surface area contributed by atoms with Crippen molar-refractivity contribution in [1.82, 2.24) is 0 Å². The number of nitro groups is 1. The van der Waals surface area contributed by atoms with E-state index in [2.05, 4.69) is 10.7 Å². The predicted molar refractivity (Wildman–Crippen MR) is 74.6 cm³/mol. The average molecular weight is 282 g/mol. The minimum Gasteiger partial charge on any atom is -0.382 e. The van der Waals surface area contributed by atoms with Crippen LogP contribution >= 0.6 is 0 Å². The number of rotatable bonds is 6. The summed E-state index contributed by atoms with van der Waals surface area (Å²) in [6.07, 6.45) is 0.785. The van der Waals surface area contributed by atoms with E-state index in [0.717, 1.165) is 6.42 Å². The molecule has 0 radical (unpaired) electrons. The number of non-ortho nitro benzene ring substituents is 1. The van der Waals surface area contributed by atoms with Crippen molar-refractivity contribution in [2.24, 2.45) is 5.84 Å². The van der Waals surface area contributed by atoms with Gasteiger partial charge in [-0.15, -0.1) is 0 Å². The number of hydrogen-bond acceptors (Lipinski definition) is 7. The van der Waals surface area contributed by atoms with Gasteiger partial charge in [0.25, 0.3) is 5.69 Å². The molecule has 1 atom stereocenters. The lowest BCUT2D eigenvalue weighted by Gasteiger charge is -2.26. The molecule has 0 spiro atoms. The number of nitrogen functional groups attached to an aromatic ring is 1. The van der Waals surface area contributed by atoms with Crippen LogP contribution in [-0.2, 0) is 9.47 Å². The third-order valence-electron chi connectivity index (χ3n) is 3.41. The zero-order chi connectivity index (χ0) is 14.6. The highest BCUT2D eigenvalue weighted by Gasteiger charge is 2.34. The van der Waals surface area contributed by atoms with Gasteiger partial charge >= 0.3 is 0 Å². The topological polar surface area (TPSA) is 112 Å². The molecule has 1 heterocycles. The standard InChI is InChI=1S/C12H18N4O4/c1-19-12(2-3-20-8-12)7-14-9-4-10(15-13)6-11(5-9)16(17)18/h4-6,14-15H,2-3,7-8,13H2,1H3. The van der Waals surface area contributed by atoms with E-state index in [1.165, 1.54) is 12.1 Å². The average Bonchev–Trinajstić information content (AvgIpc) is 2.94. The highest BCUT2D eigenvalue weighted by molar-refractivity contribution is 5.63. The Balaban J connectivity index is 2.12. The fourth-order valence-electron chi connectivity index (χ4n) is 2.13. The summed E-state index contributed by atoms with van der Waals surface area (Å²) in [6.45, 7) is 1.67. The summed E-state index contributed by atoms with van der Waals surface area (Å²) >= 11 is 0. The first-order chi connectivity index (χ1) is 9.58. The fraction of sp³-hybridized carbons (Fsp3) is 0.500. The minimum absolute atomic E-state index is 0.0305. The molecule has 1 saturated heterocycles. The molecule has 20 heavy (non-hydrogen) atoms. The summed E-state index contributed by atoms with van der Waals surface area (Å²) in [7, 11) is 1.64. The zero-order valence-corrected chi connectivity index (χ0v) is 11.2. The molecule has 1 aliphatic heterocycles. The molecular formula is C12H18N4O4. The maximum absolute atomic E-state index is 10.9. The molecule has 1 aromatic rings. The van der Waals surface area contributed by atoms with Crippen LogP contribution in [0.4, 0.5) is 17.1 Å². The molecule has 8 nitrogen and oxygen atoms in total. The minimum atomic E-state index is -0.462. The van der Waals surface area contributed by atoms with Crippen molar-refractivity contribution < 1.29 is 14.4 Å². The lowest BCUT2D eigenvalue weighted by atomic mass is 10.0. The summed E-state index contributed by atoms with van der Waals surface area (Å²) in [6, 6.07) is 4.53. The van der Waals surface area contributed by atoms with E-state index in [9.17, 15) is 10.1 Å². The van der Waals surface area contributed by atoms with Gasteiger partial charge in [0.1, 0.15) is 5.60 Å². The molecule has 4 N–H and O–H groups in total. The molecule has 0 saturated carbocycles. The summed E-state index contributed by atoms with van der Waals surface area (Å²) in [4.78, 5) is 10.4. The van der Waals surface area contributed by atoms with Gasteiger partial charge in [0.2, 0.25) is 0 Å². The van der Waals surface area contributed by atoms with Crippen LogP contribution in [0.25, 0.3) is 0 Å². The van der Waals surface area contributed by atoms with E-state index in [1.807, 2.05) is 0 Å². The van der Waals surface area contributed by atoms with Crippen LogP contribution in [0.3, 0.4) is 0 Å². The van der Waals surface area contributed by atoms with Crippen molar-refractivity contribution in [3.05, 3.63) is 28.3 Å². The summed E-state index contributed by atoms with van der Waals surface area (Å²) in [5.41, 5.74) is 3.07. The predicted octanol–water partition coefficient (Wildman–Crippen LogP) is 1.10. The molecule has 1 fully saturated rings. The van der Waals surface area contributed by atoms with Gasteiger partial charge in [-0.3, -0.25) is 16.0 Å². The second-order valence-corrected chi connectivity index (χ2v) is 4.71. The normalized spacial score (nSPS) is 21.7. The van der Waals surface area contributed by atoms with Crippen LogP contribution in [0, 0.1) is 10.1 Å². The Hall–Kier alpha value is -1.90. The van der Waals surface area contributed by atoms with Gasteiger partial charge in [-0.1, -0.05) is 0 Å². The Kier molecular flexibility index (Phi) is 4.38. The summed E-state index contributed by atoms with van der Waals surface area (Å²) < 4.78 is 10.8. The molecule has 2 rings (SSSR count). The molecular weight excluding hydrogens is 264 g/mol. The molecule has 110 valence electrons. The van der Waals surface area contributed by atoms with Gasteiger partial charge in [-0.05, 0) is 6.07 Å². The molecule has 1 aromatic carbocycles. The van der Waals surface area contributed by atoms with E-state index in [4.69, 9.17) is 15.3 Å². The van der Waals surface area contributed by atoms with Crippen LogP contribution in [0.2, 0.25) is 0 Å². The number of hydrogen-bond donors (Lipinski definition) is 3. The van der Waals surface area contributed by atoms with Gasteiger partial charge in [-0.2, -0.15) is 0 Å². The Labute approximate surface area is 116 Å². The molecule has 1 unspecified atom stereocenters. The van der Waals surface area contributed by atoms with E-state index in [1.54, 1.807) is 13.2 Å². The largest absolute Gasteiger partial charge is 0.382 e. The number of methoxy groups -OCH3 is 1. The highest BCUT2D eigenvalue weighted by atomic mass is 16.6. The van der Waals surface area contributed by atoms with E-state index in [0.29, 0.717) is 31.1 Å². The van der Waals surface area contributed by atoms with Crippen molar-refractivity contribution in [2.45, 2.75) is 12.0 Å². The number of benzene rings is 1. The monoisotopic (exact) mass is 282 g/mol. The number of nitrogens with zero attached hydrogens (tertiary/aromatic N) is 1. The molecule has 0 amide bonds. The molecule has 0 aliphatic carbocycles. The van der Waals surface area contributed by atoms with Gasteiger partial charge in [0.05, 0.1) is 17.2 Å². The Bertz CT molecular complexity index is 488. The lowest BCUT2D eigenvalue weighted by molar-refractivity contribution is -0.384. The first kappa shape index (κ1) is 14.5. The number of hydrazine groups is 1. The third-order valence-corrected chi connectivity index (χ3v) is 3.41.